The van der Waals surface area contributed by atoms with Gasteiger partial charge in [0, 0.05) is 57.7 Å². The van der Waals surface area contributed by atoms with Crippen LogP contribution in [0.3, 0.4) is 0 Å². The van der Waals surface area contributed by atoms with Crippen LogP contribution < -0.4 is 4.74 Å². The summed E-state index contributed by atoms with van der Waals surface area (Å²) >= 11 is 6.21. The average molecular weight is 520 g/mol. The second-order valence-corrected chi connectivity index (χ2v) is 9.80. The smallest absolute Gasteiger partial charge is 0.406 e. The summed E-state index contributed by atoms with van der Waals surface area (Å²) in [6.07, 6.45) is 0.0863. The maximum absolute atomic E-state index is 13.3. The molecule has 1 aromatic carbocycles. The summed E-state index contributed by atoms with van der Waals surface area (Å²) in [6.45, 7) is 3.21. The number of piperidine rings is 1. The zero-order valence-corrected chi connectivity index (χ0v) is 20.3. The summed E-state index contributed by atoms with van der Waals surface area (Å²) in [5.74, 6) is 0.687. The van der Waals surface area contributed by atoms with E-state index in [4.69, 9.17) is 11.6 Å². The van der Waals surface area contributed by atoms with Crippen LogP contribution in [0.4, 0.5) is 13.2 Å². The van der Waals surface area contributed by atoms with Crippen LogP contribution in [0.5, 0.6) is 5.75 Å². The van der Waals surface area contributed by atoms with E-state index in [0.29, 0.717) is 40.7 Å². The minimum atomic E-state index is -4.78. The molecule has 3 aromatic rings. The zero-order chi connectivity index (χ0) is 25.4. The van der Waals surface area contributed by atoms with E-state index in [0.717, 1.165) is 25.2 Å². The molecule has 190 valence electrons. The lowest BCUT2D eigenvalue weighted by molar-refractivity contribution is -0.274. The number of rotatable bonds is 8. The first kappa shape index (κ1) is 24.6. The van der Waals surface area contributed by atoms with Gasteiger partial charge in [0.2, 0.25) is 0 Å². The summed E-state index contributed by atoms with van der Waals surface area (Å²) in [5, 5.41) is 0.512. The average Bonchev–Trinajstić information content (AvgIpc) is 3.14. The number of carbonyl (C=O) groups is 1. The van der Waals surface area contributed by atoms with Gasteiger partial charge in [0.25, 0.3) is 5.91 Å². The largest absolute Gasteiger partial charge is 0.573 e. The number of pyridine rings is 1. The Morgan fingerprint density at radius 2 is 1.97 bits per heavy atom. The van der Waals surface area contributed by atoms with Crippen LogP contribution >= 0.6 is 11.6 Å². The number of aromatic nitrogens is 3. The number of ether oxygens (including phenoxy) is 1. The molecule has 1 saturated carbocycles. The number of aryl methyl sites for hydroxylation is 1. The topological polar surface area (TPSA) is 63.5 Å². The maximum atomic E-state index is 13.3. The normalized spacial score (nSPS) is 21.3. The highest BCUT2D eigenvalue weighted by Gasteiger charge is 2.56. The molecular formula is C25H25ClF3N5O2. The predicted molar refractivity (Wildman–Crippen MR) is 126 cm³/mol. The third-order valence-corrected chi connectivity index (χ3v) is 7.17. The number of amides is 1. The molecular weight excluding hydrogens is 495 g/mol. The standard InChI is InChI=1S/C25H25ClF3N5O2/c1-32-14-22(31-15-32)24(35)34(9-16-4-2-6-18(8-16)36-25(27,28)29)13-21-19-11-33(12-20(19)21)10-17-5-3-7-30-23(17)26/h2-8,14-15,19-21H,9-13H2,1H3. The third-order valence-electron chi connectivity index (χ3n) is 6.83. The number of hydrogen-bond donors (Lipinski definition) is 0. The van der Waals surface area contributed by atoms with E-state index in [-0.39, 0.29) is 18.2 Å². The second kappa shape index (κ2) is 9.74. The molecule has 7 nitrogen and oxygen atoms in total. The third kappa shape index (κ3) is 5.65. The number of hydrogen-bond acceptors (Lipinski definition) is 5. The minimum Gasteiger partial charge on any atom is -0.406 e. The van der Waals surface area contributed by atoms with Crippen molar-refractivity contribution < 1.29 is 22.7 Å². The molecule has 0 radical (unpaired) electrons. The minimum absolute atomic E-state index is 0.162. The van der Waals surface area contributed by atoms with Gasteiger partial charge in [0.1, 0.15) is 16.6 Å². The van der Waals surface area contributed by atoms with Crippen LogP contribution in [0, 0.1) is 17.8 Å². The van der Waals surface area contributed by atoms with Crippen molar-refractivity contribution in [2.24, 2.45) is 24.8 Å². The zero-order valence-electron chi connectivity index (χ0n) is 19.5. The Bertz CT molecular complexity index is 1240. The lowest BCUT2D eigenvalue weighted by Crippen LogP contribution is -2.35. The van der Waals surface area contributed by atoms with Gasteiger partial charge in [-0.3, -0.25) is 9.69 Å². The molecule has 2 fully saturated rings. The molecule has 11 heteroatoms. The monoisotopic (exact) mass is 519 g/mol. The highest BCUT2D eigenvalue weighted by atomic mass is 35.5. The number of benzene rings is 1. The van der Waals surface area contributed by atoms with Crippen molar-refractivity contribution in [1.82, 2.24) is 24.3 Å². The number of fused-ring (bicyclic) bond motifs is 1. The molecule has 1 saturated heterocycles. The molecule has 3 heterocycles. The summed E-state index contributed by atoms with van der Waals surface area (Å²) < 4.78 is 43.8. The Balaban J connectivity index is 1.26. The van der Waals surface area contributed by atoms with Crippen LogP contribution in [0.25, 0.3) is 0 Å². The van der Waals surface area contributed by atoms with Crippen molar-refractivity contribution in [1.29, 1.82) is 0 Å². The molecule has 1 amide bonds. The van der Waals surface area contributed by atoms with Crippen molar-refractivity contribution in [2.45, 2.75) is 19.5 Å². The molecule has 0 bridgehead atoms. The molecule has 2 atom stereocenters. The van der Waals surface area contributed by atoms with Crippen LogP contribution in [0.15, 0.2) is 55.1 Å². The molecule has 36 heavy (non-hydrogen) atoms. The fraction of sp³-hybridized carbons (Fsp3) is 0.400. The second-order valence-electron chi connectivity index (χ2n) is 9.44. The van der Waals surface area contributed by atoms with E-state index in [1.165, 1.54) is 18.2 Å². The van der Waals surface area contributed by atoms with Gasteiger partial charge in [-0.15, -0.1) is 13.2 Å². The molecule has 2 aromatic heterocycles. The first-order valence-corrected chi connectivity index (χ1v) is 12.0. The summed E-state index contributed by atoms with van der Waals surface area (Å²) in [5.41, 5.74) is 1.85. The first-order valence-electron chi connectivity index (χ1n) is 11.6. The van der Waals surface area contributed by atoms with Gasteiger partial charge in [-0.2, -0.15) is 0 Å². The number of imidazole rings is 1. The molecule has 5 rings (SSSR count). The number of alkyl halides is 3. The molecule has 1 aliphatic carbocycles. The predicted octanol–water partition coefficient (Wildman–Crippen LogP) is 4.39. The fourth-order valence-electron chi connectivity index (χ4n) is 5.14. The van der Waals surface area contributed by atoms with Crippen LogP contribution in [0.2, 0.25) is 5.15 Å². The Morgan fingerprint density at radius 3 is 2.64 bits per heavy atom. The van der Waals surface area contributed by atoms with Crippen molar-refractivity contribution >= 4 is 17.5 Å². The van der Waals surface area contributed by atoms with Gasteiger partial charge < -0.3 is 14.2 Å². The van der Waals surface area contributed by atoms with Crippen LogP contribution in [-0.4, -0.2) is 56.2 Å². The lowest BCUT2D eigenvalue weighted by atomic mass is 10.1. The SMILES string of the molecule is Cn1cnc(C(=O)N(Cc2cccc(OC(F)(F)F)c2)CC2C3CN(Cc4cccnc4Cl)CC32)c1. The van der Waals surface area contributed by atoms with Gasteiger partial charge in [-0.05, 0) is 41.5 Å². The molecule has 2 unspecified atom stereocenters. The van der Waals surface area contributed by atoms with Gasteiger partial charge in [-0.25, -0.2) is 9.97 Å². The Kier molecular flexibility index (Phi) is 6.65. The number of halogens is 4. The van der Waals surface area contributed by atoms with Crippen LogP contribution in [-0.2, 0) is 20.1 Å². The van der Waals surface area contributed by atoms with E-state index in [1.54, 1.807) is 41.3 Å². The molecule has 0 N–H and O–H groups in total. The lowest BCUT2D eigenvalue weighted by Gasteiger charge is -2.25. The van der Waals surface area contributed by atoms with Crippen molar-refractivity contribution in [3.8, 4) is 5.75 Å². The fourth-order valence-corrected chi connectivity index (χ4v) is 5.31. The first-order chi connectivity index (χ1) is 17.2. The van der Waals surface area contributed by atoms with Gasteiger partial charge in [0.15, 0.2) is 0 Å². The van der Waals surface area contributed by atoms with E-state index >= 15 is 0 Å². The van der Waals surface area contributed by atoms with E-state index < -0.39 is 6.36 Å². The van der Waals surface area contributed by atoms with Crippen molar-refractivity contribution in [2.75, 3.05) is 19.6 Å². The molecule has 0 spiro atoms. The van der Waals surface area contributed by atoms with Gasteiger partial charge in [-0.1, -0.05) is 29.8 Å². The van der Waals surface area contributed by atoms with Crippen molar-refractivity contribution in [3.63, 3.8) is 0 Å². The molecule has 2 aliphatic rings. The van der Waals surface area contributed by atoms with Gasteiger partial charge >= 0.3 is 6.36 Å². The highest BCUT2D eigenvalue weighted by Crippen LogP contribution is 2.52. The summed E-state index contributed by atoms with van der Waals surface area (Å²) in [4.78, 5) is 25.7. The Labute approximate surface area is 211 Å². The number of likely N-dealkylation sites (tertiary alicyclic amines) is 1. The van der Waals surface area contributed by atoms with E-state index in [1.807, 2.05) is 12.1 Å². The number of carbonyl (C=O) groups excluding carboxylic acids is 1. The van der Waals surface area contributed by atoms with E-state index in [9.17, 15) is 18.0 Å². The van der Waals surface area contributed by atoms with Gasteiger partial charge in [0.05, 0.1) is 6.33 Å². The highest BCUT2D eigenvalue weighted by molar-refractivity contribution is 6.30. The maximum Gasteiger partial charge on any atom is 0.573 e. The Morgan fingerprint density at radius 1 is 1.19 bits per heavy atom. The van der Waals surface area contributed by atoms with Crippen molar-refractivity contribution in [3.05, 3.63) is 77.1 Å². The molecule has 1 aliphatic heterocycles. The van der Waals surface area contributed by atoms with Crippen LogP contribution in [0.1, 0.15) is 21.6 Å². The quantitative estimate of drug-likeness (QED) is 0.413. The Hall–Kier alpha value is -3.11. The van der Waals surface area contributed by atoms with E-state index in [2.05, 4.69) is 19.6 Å². The number of nitrogens with zero attached hydrogens (tertiary/aromatic N) is 5. The summed E-state index contributed by atoms with van der Waals surface area (Å²) in [7, 11) is 1.78. The summed E-state index contributed by atoms with van der Waals surface area (Å²) in [6, 6.07) is 9.59.